The van der Waals surface area contributed by atoms with Gasteiger partial charge in [0, 0.05) is 5.69 Å². The molecule has 0 saturated heterocycles. The molecule has 2 aliphatic heterocycles. The summed E-state index contributed by atoms with van der Waals surface area (Å²) in [6, 6.07) is 16.9. The third-order valence-corrected chi connectivity index (χ3v) is 6.12. The van der Waals surface area contributed by atoms with E-state index in [0.717, 1.165) is 11.1 Å². The Balaban J connectivity index is 1.17. The van der Waals surface area contributed by atoms with Gasteiger partial charge in [0.15, 0.2) is 0 Å². The van der Waals surface area contributed by atoms with Gasteiger partial charge in [-0.2, -0.15) is 5.43 Å². The summed E-state index contributed by atoms with van der Waals surface area (Å²) in [5.41, 5.74) is 6.31. The van der Waals surface area contributed by atoms with Crippen LogP contribution in [0.3, 0.4) is 0 Å². The molecule has 212 valence electrons. The Morgan fingerprint density at radius 3 is 2.39 bits per heavy atom. The molecule has 3 amide bonds. The Labute approximate surface area is 232 Å². The van der Waals surface area contributed by atoms with Gasteiger partial charge >= 0.3 is 12.4 Å². The number of hydrazine groups is 1. The van der Waals surface area contributed by atoms with Gasteiger partial charge in [0.2, 0.25) is 5.96 Å². The molecule has 3 N–H and O–H groups in total. The number of rotatable bonds is 6. The Morgan fingerprint density at radius 1 is 1.02 bits per heavy atom. The Kier molecular flexibility index (Phi) is 7.48. The fourth-order valence-electron chi connectivity index (χ4n) is 4.21. The van der Waals surface area contributed by atoms with E-state index in [0.29, 0.717) is 22.8 Å². The van der Waals surface area contributed by atoms with Crippen molar-refractivity contribution in [1.82, 2.24) is 10.7 Å². The minimum absolute atomic E-state index is 0.0901. The first-order valence-corrected chi connectivity index (χ1v) is 12.2. The van der Waals surface area contributed by atoms with Crippen molar-refractivity contribution in [3.63, 3.8) is 0 Å². The van der Waals surface area contributed by atoms with E-state index < -0.39 is 18.6 Å². The molecule has 1 atom stereocenters. The highest BCUT2D eigenvalue weighted by atomic mass is 19.4. The topological polar surface area (TPSA) is 120 Å². The molecular formula is C27H24F3N7O4. The number of amides is 3. The van der Waals surface area contributed by atoms with Crippen LogP contribution < -0.4 is 35.4 Å². The van der Waals surface area contributed by atoms with Gasteiger partial charge in [-0.3, -0.25) is 15.1 Å². The molecule has 3 aromatic rings. The van der Waals surface area contributed by atoms with Crippen molar-refractivity contribution in [2.24, 2.45) is 9.98 Å². The van der Waals surface area contributed by atoms with Crippen LogP contribution in [-0.2, 0) is 4.79 Å². The summed E-state index contributed by atoms with van der Waals surface area (Å²) in [4.78, 5) is 35.1. The molecule has 11 nitrogen and oxygen atoms in total. The molecule has 0 bridgehead atoms. The third kappa shape index (κ3) is 6.38. The van der Waals surface area contributed by atoms with Crippen molar-refractivity contribution < 1.29 is 32.2 Å². The summed E-state index contributed by atoms with van der Waals surface area (Å²) < 4.78 is 46.3. The SMILES string of the molecule is COc1ccc(N2C(=O)CN=C2NC(=O)Nc2ccc(C3N=CN(c4ccc(OC(F)(F)F)cc4)N3)cc2)c(C)c1. The number of guanidine groups is 1. The van der Waals surface area contributed by atoms with Crippen molar-refractivity contribution in [3.05, 3.63) is 77.9 Å². The zero-order chi connectivity index (χ0) is 29.1. The van der Waals surface area contributed by atoms with Crippen LogP contribution in [0.1, 0.15) is 17.3 Å². The number of carbonyl (C=O) groups excluding carboxylic acids is 2. The highest BCUT2D eigenvalue weighted by molar-refractivity contribution is 6.24. The second kappa shape index (κ2) is 11.2. The molecule has 0 aromatic heterocycles. The van der Waals surface area contributed by atoms with E-state index in [9.17, 15) is 22.8 Å². The van der Waals surface area contributed by atoms with Crippen LogP contribution in [-0.4, -0.2) is 44.3 Å². The molecule has 14 heteroatoms. The number of methoxy groups -OCH3 is 1. The number of carbonyl (C=O) groups is 2. The summed E-state index contributed by atoms with van der Waals surface area (Å²) in [5, 5.41) is 6.92. The number of nitrogens with zero attached hydrogens (tertiary/aromatic N) is 4. The minimum atomic E-state index is -4.76. The Morgan fingerprint density at radius 2 is 1.73 bits per heavy atom. The van der Waals surface area contributed by atoms with Crippen LogP contribution in [0.25, 0.3) is 0 Å². The van der Waals surface area contributed by atoms with Crippen molar-refractivity contribution >= 4 is 41.3 Å². The molecule has 5 rings (SSSR count). The number of anilines is 3. The number of halogens is 3. The first-order chi connectivity index (χ1) is 19.6. The standard InChI is InChI=1S/C27H24F3N7O4/c1-16-13-21(40-2)11-12-22(16)37-23(38)14-31-25(37)34-26(39)33-18-5-3-17(4-6-18)24-32-15-36(35-24)19-7-9-20(10-8-19)41-27(28,29)30/h3-13,15,24,35H,14H2,1-2H3,(H2,31,33,34,39). The molecule has 0 spiro atoms. The Hall–Kier alpha value is -5.11. The fourth-order valence-corrected chi connectivity index (χ4v) is 4.21. The quantitative estimate of drug-likeness (QED) is 0.404. The number of nitrogens with one attached hydrogen (secondary N) is 3. The number of hydrogen-bond donors (Lipinski definition) is 3. The number of aliphatic imine (C=N–C) groups is 2. The number of benzene rings is 3. The summed E-state index contributed by atoms with van der Waals surface area (Å²) in [6.45, 7) is 1.74. The molecule has 1 unspecified atom stereocenters. The average Bonchev–Trinajstić information content (AvgIpc) is 3.56. The van der Waals surface area contributed by atoms with E-state index in [1.807, 2.05) is 6.92 Å². The van der Waals surface area contributed by atoms with E-state index in [1.165, 1.54) is 35.5 Å². The van der Waals surface area contributed by atoms with Crippen LogP contribution in [0.15, 0.2) is 76.7 Å². The van der Waals surface area contributed by atoms with Gasteiger partial charge in [0.05, 0.1) is 18.5 Å². The molecule has 0 radical (unpaired) electrons. The number of hydrogen-bond acceptors (Lipinski definition) is 8. The zero-order valence-corrected chi connectivity index (χ0v) is 21.8. The highest BCUT2D eigenvalue weighted by Gasteiger charge is 2.31. The van der Waals surface area contributed by atoms with Gasteiger partial charge in [-0.05, 0) is 72.6 Å². The second-order valence-electron chi connectivity index (χ2n) is 8.93. The second-order valence-corrected chi connectivity index (χ2v) is 8.93. The first-order valence-electron chi connectivity index (χ1n) is 12.2. The smallest absolute Gasteiger partial charge is 0.497 e. The third-order valence-electron chi connectivity index (χ3n) is 6.12. The van der Waals surface area contributed by atoms with Crippen LogP contribution in [0.2, 0.25) is 0 Å². The molecule has 0 fully saturated rings. The van der Waals surface area contributed by atoms with Gasteiger partial charge < -0.3 is 14.8 Å². The zero-order valence-electron chi connectivity index (χ0n) is 21.8. The number of ether oxygens (including phenoxy) is 2. The van der Waals surface area contributed by atoms with E-state index in [2.05, 4.69) is 30.8 Å². The summed E-state index contributed by atoms with van der Waals surface area (Å²) in [7, 11) is 1.55. The van der Waals surface area contributed by atoms with Crippen molar-refractivity contribution in [2.45, 2.75) is 19.5 Å². The van der Waals surface area contributed by atoms with Crippen molar-refractivity contribution in [2.75, 3.05) is 28.9 Å². The molecular weight excluding hydrogens is 543 g/mol. The lowest BCUT2D eigenvalue weighted by atomic mass is 10.1. The monoisotopic (exact) mass is 567 g/mol. The number of alkyl halides is 3. The van der Waals surface area contributed by atoms with Crippen LogP contribution in [0.4, 0.5) is 35.0 Å². The van der Waals surface area contributed by atoms with Crippen LogP contribution in [0.5, 0.6) is 11.5 Å². The molecule has 3 aromatic carbocycles. The number of urea groups is 1. The Bertz CT molecular complexity index is 1510. The summed E-state index contributed by atoms with van der Waals surface area (Å²) in [5.74, 6) is 0.156. The van der Waals surface area contributed by atoms with Gasteiger partial charge in [0.1, 0.15) is 30.5 Å². The normalized spacial score (nSPS) is 16.6. The number of aryl methyl sites for hydroxylation is 1. The fraction of sp³-hybridized carbons (Fsp3) is 0.185. The van der Waals surface area contributed by atoms with Gasteiger partial charge in [-0.1, -0.05) is 12.1 Å². The highest BCUT2D eigenvalue weighted by Crippen LogP contribution is 2.28. The first kappa shape index (κ1) is 27.5. The van der Waals surface area contributed by atoms with Crippen molar-refractivity contribution in [3.8, 4) is 11.5 Å². The maximum Gasteiger partial charge on any atom is 0.573 e. The molecule has 2 heterocycles. The molecule has 2 aliphatic rings. The average molecular weight is 568 g/mol. The van der Waals surface area contributed by atoms with Crippen LogP contribution >= 0.6 is 0 Å². The maximum atomic E-state index is 12.7. The maximum absolute atomic E-state index is 12.7. The summed E-state index contributed by atoms with van der Waals surface area (Å²) in [6.07, 6.45) is -3.70. The lowest BCUT2D eigenvalue weighted by Gasteiger charge is -2.21. The lowest BCUT2D eigenvalue weighted by molar-refractivity contribution is -0.274. The van der Waals surface area contributed by atoms with Gasteiger partial charge in [-0.25, -0.2) is 19.7 Å². The molecule has 41 heavy (non-hydrogen) atoms. The van der Waals surface area contributed by atoms with E-state index in [1.54, 1.807) is 54.6 Å². The van der Waals surface area contributed by atoms with E-state index >= 15 is 0 Å². The van der Waals surface area contributed by atoms with E-state index in [4.69, 9.17) is 4.74 Å². The van der Waals surface area contributed by atoms with E-state index in [-0.39, 0.29) is 24.2 Å². The predicted molar refractivity (Wildman–Crippen MR) is 146 cm³/mol. The van der Waals surface area contributed by atoms with Gasteiger partial charge in [0.25, 0.3) is 5.91 Å². The molecule has 0 aliphatic carbocycles. The molecule has 0 saturated carbocycles. The van der Waals surface area contributed by atoms with Crippen LogP contribution in [0, 0.1) is 6.92 Å². The largest absolute Gasteiger partial charge is 0.573 e. The van der Waals surface area contributed by atoms with Crippen molar-refractivity contribution in [1.29, 1.82) is 0 Å². The minimum Gasteiger partial charge on any atom is -0.497 e. The van der Waals surface area contributed by atoms with Gasteiger partial charge in [-0.15, -0.1) is 13.2 Å². The lowest BCUT2D eigenvalue weighted by Crippen LogP contribution is -2.45. The predicted octanol–water partition coefficient (Wildman–Crippen LogP) is 4.48. The summed E-state index contributed by atoms with van der Waals surface area (Å²) >= 11 is 0.